The number of hydrogen-bond donors (Lipinski definition) is 2. The number of nitrogens with zero attached hydrogens (tertiary/aromatic N) is 3. The SMILES string of the molecule is Cc1ccnc(-n2nccc2NC(=O)NC[C@H]2CCC(C)(C)O2)c1. The number of nitrogens with one attached hydrogen (secondary N) is 2. The summed E-state index contributed by atoms with van der Waals surface area (Å²) >= 11 is 0. The first-order valence-electron chi connectivity index (χ1n) is 8.13. The van der Waals surface area contributed by atoms with Crippen LogP contribution in [0.25, 0.3) is 5.82 Å². The molecule has 0 unspecified atom stereocenters. The van der Waals surface area contributed by atoms with Crippen molar-refractivity contribution in [2.45, 2.75) is 45.3 Å². The smallest absolute Gasteiger partial charge is 0.320 e. The maximum Gasteiger partial charge on any atom is 0.320 e. The summed E-state index contributed by atoms with van der Waals surface area (Å²) in [5.74, 6) is 1.23. The summed E-state index contributed by atoms with van der Waals surface area (Å²) in [6, 6.07) is 5.27. The number of ether oxygens (including phenoxy) is 1. The molecular formula is C17H23N5O2. The minimum atomic E-state index is -0.280. The lowest BCUT2D eigenvalue weighted by Gasteiger charge is -2.19. The topological polar surface area (TPSA) is 81.1 Å². The lowest BCUT2D eigenvalue weighted by Crippen LogP contribution is -2.36. The Balaban J connectivity index is 1.59. The van der Waals surface area contributed by atoms with Gasteiger partial charge in [0.15, 0.2) is 5.82 Å². The van der Waals surface area contributed by atoms with Crippen LogP contribution >= 0.6 is 0 Å². The number of rotatable bonds is 4. The Morgan fingerprint density at radius 1 is 1.42 bits per heavy atom. The van der Waals surface area contributed by atoms with E-state index in [1.807, 2.05) is 19.1 Å². The molecule has 0 spiro atoms. The second-order valence-electron chi connectivity index (χ2n) is 6.69. The number of amides is 2. The fourth-order valence-corrected chi connectivity index (χ4v) is 2.81. The molecule has 3 rings (SSSR count). The molecule has 2 aromatic heterocycles. The molecule has 1 aliphatic rings. The van der Waals surface area contributed by atoms with Crippen LogP contribution in [0.1, 0.15) is 32.3 Å². The van der Waals surface area contributed by atoms with Crippen LogP contribution in [-0.2, 0) is 4.74 Å². The van der Waals surface area contributed by atoms with E-state index in [4.69, 9.17) is 4.74 Å². The van der Waals surface area contributed by atoms with E-state index in [0.29, 0.717) is 18.2 Å². The molecule has 2 aromatic rings. The summed E-state index contributed by atoms with van der Waals surface area (Å²) in [7, 11) is 0. The quantitative estimate of drug-likeness (QED) is 0.903. The van der Waals surface area contributed by atoms with Gasteiger partial charge in [-0.15, -0.1) is 0 Å². The Morgan fingerprint density at radius 2 is 2.25 bits per heavy atom. The summed E-state index contributed by atoms with van der Waals surface area (Å²) in [6.45, 7) is 6.62. The number of aromatic nitrogens is 3. The molecule has 128 valence electrons. The van der Waals surface area contributed by atoms with Crippen molar-refractivity contribution in [1.82, 2.24) is 20.1 Å². The lowest BCUT2D eigenvalue weighted by atomic mass is 10.1. The Morgan fingerprint density at radius 3 is 2.96 bits per heavy atom. The second-order valence-corrected chi connectivity index (χ2v) is 6.69. The number of aryl methyl sites for hydroxylation is 1. The summed E-state index contributed by atoms with van der Waals surface area (Å²) in [5, 5.41) is 9.89. The molecule has 0 radical (unpaired) electrons. The highest BCUT2D eigenvalue weighted by molar-refractivity contribution is 5.88. The van der Waals surface area contributed by atoms with Crippen molar-refractivity contribution in [3.63, 3.8) is 0 Å². The maximum atomic E-state index is 12.1. The molecule has 7 nitrogen and oxygen atoms in total. The normalized spacial score (nSPS) is 19.2. The van der Waals surface area contributed by atoms with Crippen LogP contribution in [0, 0.1) is 6.92 Å². The zero-order chi connectivity index (χ0) is 17.2. The Labute approximate surface area is 141 Å². The molecular weight excluding hydrogens is 306 g/mol. The molecule has 3 heterocycles. The van der Waals surface area contributed by atoms with Crippen molar-refractivity contribution in [1.29, 1.82) is 0 Å². The Kier molecular flexibility index (Phi) is 4.53. The fourth-order valence-electron chi connectivity index (χ4n) is 2.81. The molecule has 0 aliphatic carbocycles. The van der Waals surface area contributed by atoms with Crippen LogP contribution in [0.3, 0.4) is 0 Å². The number of carbonyl (C=O) groups excluding carboxylic acids is 1. The average molecular weight is 329 g/mol. The number of hydrogen-bond acceptors (Lipinski definition) is 4. The molecule has 2 amide bonds. The Hall–Kier alpha value is -2.41. The summed E-state index contributed by atoms with van der Waals surface area (Å²) in [5.41, 5.74) is 0.977. The zero-order valence-corrected chi connectivity index (χ0v) is 14.2. The largest absolute Gasteiger partial charge is 0.371 e. The first-order valence-corrected chi connectivity index (χ1v) is 8.13. The van der Waals surface area contributed by atoms with E-state index in [1.165, 1.54) is 0 Å². The van der Waals surface area contributed by atoms with Crippen molar-refractivity contribution in [2.75, 3.05) is 11.9 Å². The maximum absolute atomic E-state index is 12.1. The van der Waals surface area contributed by atoms with Gasteiger partial charge in [0.25, 0.3) is 0 Å². The molecule has 2 N–H and O–H groups in total. The third kappa shape index (κ3) is 3.91. The van der Waals surface area contributed by atoms with Crippen LogP contribution in [0.5, 0.6) is 0 Å². The second kappa shape index (κ2) is 6.60. The highest BCUT2D eigenvalue weighted by Crippen LogP contribution is 2.28. The first kappa shape index (κ1) is 16.4. The third-order valence-corrected chi connectivity index (χ3v) is 4.05. The molecule has 1 aliphatic heterocycles. The van der Waals surface area contributed by atoms with Crippen molar-refractivity contribution < 1.29 is 9.53 Å². The molecule has 0 bridgehead atoms. The predicted octanol–water partition coefficient (Wildman–Crippen LogP) is 2.65. The van der Waals surface area contributed by atoms with E-state index >= 15 is 0 Å². The van der Waals surface area contributed by atoms with Crippen LogP contribution in [-0.4, -0.2) is 39.0 Å². The monoisotopic (exact) mass is 329 g/mol. The molecule has 0 aromatic carbocycles. The molecule has 1 saturated heterocycles. The van der Waals surface area contributed by atoms with Gasteiger partial charge in [0.05, 0.1) is 17.9 Å². The molecule has 1 fully saturated rings. The highest BCUT2D eigenvalue weighted by atomic mass is 16.5. The van der Waals surface area contributed by atoms with Crippen LogP contribution in [0.2, 0.25) is 0 Å². The van der Waals surface area contributed by atoms with Gasteiger partial charge < -0.3 is 10.1 Å². The standard InChI is InChI=1S/C17H23N5O2/c1-12-5-8-18-15(10-12)22-14(6-9-20-22)21-16(23)19-11-13-4-7-17(2,3)24-13/h5-6,8-10,13H,4,7,11H2,1-3H3,(H2,19,21,23)/t13-/m1/s1. The van der Waals surface area contributed by atoms with E-state index in [-0.39, 0.29) is 17.7 Å². The van der Waals surface area contributed by atoms with Crippen LogP contribution in [0.4, 0.5) is 10.6 Å². The highest BCUT2D eigenvalue weighted by Gasteiger charge is 2.31. The first-order chi connectivity index (χ1) is 11.4. The van der Waals surface area contributed by atoms with E-state index in [2.05, 4.69) is 34.6 Å². The summed E-state index contributed by atoms with van der Waals surface area (Å²) in [6.07, 6.45) is 5.37. The lowest BCUT2D eigenvalue weighted by molar-refractivity contribution is -0.0130. The minimum absolute atomic E-state index is 0.0640. The van der Waals surface area contributed by atoms with Gasteiger partial charge in [0.2, 0.25) is 0 Å². The minimum Gasteiger partial charge on any atom is -0.371 e. The fraction of sp³-hybridized carbons (Fsp3) is 0.471. The van der Waals surface area contributed by atoms with Gasteiger partial charge in [0, 0.05) is 18.8 Å². The van der Waals surface area contributed by atoms with Crippen molar-refractivity contribution in [2.24, 2.45) is 0 Å². The third-order valence-electron chi connectivity index (χ3n) is 4.05. The number of urea groups is 1. The van der Waals surface area contributed by atoms with Gasteiger partial charge in [-0.3, -0.25) is 5.32 Å². The summed E-state index contributed by atoms with van der Waals surface area (Å²) < 4.78 is 7.47. The van der Waals surface area contributed by atoms with Gasteiger partial charge in [-0.2, -0.15) is 9.78 Å². The number of carbonyl (C=O) groups is 1. The van der Waals surface area contributed by atoms with E-state index in [1.54, 1.807) is 23.1 Å². The van der Waals surface area contributed by atoms with Crippen LogP contribution < -0.4 is 10.6 Å². The molecule has 1 atom stereocenters. The van der Waals surface area contributed by atoms with Crippen LogP contribution in [0.15, 0.2) is 30.6 Å². The van der Waals surface area contributed by atoms with Crippen molar-refractivity contribution >= 4 is 11.8 Å². The molecule has 0 saturated carbocycles. The molecule has 7 heteroatoms. The number of anilines is 1. The number of pyridine rings is 1. The van der Waals surface area contributed by atoms with Gasteiger partial charge in [-0.25, -0.2) is 9.78 Å². The van der Waals surface area contributed by atoms with Crippen molar-refractivity contribution in [3.05, 3.63) is 36.2 Å². The van der Waals surface area contributed by atoms with E-state index in [0.717, 1.165) is 18.4 Å². The molecule has 24 heavy (non-hydrogen) atoms. The average Bonchev–Trinajstić information content (AvgIpc) is 3.11. The Bertz CT molecular complexity index is 725. The summed E-state index contributed by atoms with van der Waals surface area (Å²) in [4.78, 5) is 16.4. The van der Waals surface area contributed by atoms with Gasteiger partial charge >= 0.3 is 6.03 Å². The van der Waals surface area contributed by atoms with E-state index < -0.39 is 0 Å². The van der Waals surface area contributed by atoms with Gasteiger partial charge in [0.1, 0.15) is 5.82 Å². The van der Waals surface area contributed by atoms with E-state index in [9.17, 15) is 4.79 Å². The van der Waals surface area contributed by atoms with Crippen molar-refractivity contribution in [3.8, 4) is 5.82 Å². The van der Waals surface area contributed by atoms with Gasteiger partial charge in [-0.1, -0.05) is 0 Å². The predicted molar refractivity (Wildman–Crippen MR) is 91.3 cm³/mol. The van der Waals surface area contributed by atoms with Gasteiger partial charge in [-0.05, 0) is 51.3 Å². The zero-order valence-electron chi connectivity index (χ0n) is 14.2.